The fourth-order valence-electron chi connectivity index (χ4n) is 3.73. The lowest BCUT2D eigenvalue weighted by Gasteiger charge is -2.36. The molecule has 1 saturated heterocycles. The van der Waals surface area contributed by atoms with Gasteiger partial charge in [0.05, 0.1) is 11.5 Å². The van der Waals surface area contributed by atoms with E-state index in [1.807, 2.05) is 20.8 Å². The number of halogens is 1. The van der Waals surface area contributed by atoms with Crippen LogP contribution in [0.3, 0.4) is 0 Å². The van der Waals surface area contributed by atoms with Gasteiger partial charge in [-0.1, -0.05) is 19.9 Å². The molecule has 10 heteroatoms. The van der Waals surface area contributed by atoms with Gasteiger partial charge in [-0.05, 0) is 55.3 Å². The van der Waals surface area contributed by atoms with Crippen molar-refractivity contribution in [2.45, 2.75) is 31.7 Å². The van der Waals surface area contributed by atoms with E-state index < -0.39 is 21.9 Å². The Hall–Kier alpha value is -2.98. The Balaban J connectivity index is 1.64. The first kappa shape index (κ1) is 25.6. The Morgan fingerprint density at radius 2 is 1.71 bits per heavy atom. The highest BCUT2D eigenvalue weighted by atomic mass is 32.2. The SMILES string of the molecule is CCOc1ccc(C(=O)N[C@H](C(=O)N2CCN(S(=O)(=O)c3cccc(F)c3)CC2)C(C)C)cc1. The Morgan fingerprint density at radius 3 is 2.26 bits per heavy atom. The molecule has 34 heavy (non-hydrogen) atoms. The van der Waals surface area contributed by atoms with Crippen molar-refractivity contribution in [1.82, 2.24) is 14.5 Å². The van der Waals surface area contributed by atoms with Gasteiger partial charge in [0.1, 0.15) is 17.6 Å². The van der Waals surface area contributed by atoms with E-state index in [1.54, 1.807) is 29.2 Å². The van der Waals surface area contributed by atoms with E-state index >= 15 is 0 Å². The van der Waals surface area contributed by atoms with Gasteiger partial charge in [0.25, 0.3) is 5.91 Å². The van der Waals surface area contributed by atoms with Gasteiger partial charge in [-0.25, -0.2) is 12.8 Å². The molecule has 2 aromatic carbocycles. The molecule has 0 unspecified atom stereocenters. The monoisotopic (exact) mass is 491 g/mol. The molecule has 0 aliphatic carbocycles. The number of nitrogens with one attached hydrogen (secondary N) is 1. The lowest BCUT2D eigenvalue weighted by atomic mass is 10.0. The normalized spacial score (nSPS) is 15.7. The van der Waals surface area contributed by atoms with Gasteiger partial charge >= 0.3 is 0 Å². The second-order valence-corrected chi connectivity index (χ2v) is 10.3. The van der Waals surface area contributed by atoms with Crippen LogP contribution in [0.1, 0.15) is 31.1 Å². The molecule has 2 aromatic rings. The highest BCUT2D eigenvalue weighted by Crippen LogP contribution is 2.20. The quantitative estimate of drug-likeness (QED) is 0.612. The topological polar surface area (TPSA) is 96.0 Å². The van der Waals surface area contributed by atoms with Gasteiger partial charge in [-0.3, -0.25) is 9.59 Å². The summed E-state index contributed by atoms with van der Waals surface area (Å²) in [4.78, 5) is 27.4. The summed E-state index contributed by atoms with van der Waals surface area (Å²) in [6.45, 7) is 6.59. The maximum absolute atomic E-state index is 13.5. The van der Waals surface area contributed by atoms with Crippen molar-refractivity contribution in [1.29, 1.82) is 0 Å². The average molecular weight is 492 g/mol. The lowest BCUT2D eigenvalue weighted by Crippen LogP contribution is -2.57. The number of amides is 2. The number of benzene rings is 2. The predicted octanol–water partition coefficient (Wildman–Crippen LogP) is 2.51. The smallest absolute Gasteiger partial charge is 0.251 e. The Morgan fingerprint density at radius 1 is 1.06 bits per heavy atom. The molecule has 1 heterocycles. The van der Waals surface area contributed by atoms with E-state index in [-0.39, 0.29) is 48.8 Å². The standard InChI is InChI=1S/C24H30FN3O5S/c1-4-33-20-10-8-18(9-11-20)23(29)26-22(17(2)3)24(30)27-12-14-28(15-13-27)34(31,32)21-7-5-6-19(25)16-21/h5-11,16-17,22H,4,12-15H2,1-3H3,(H,26,29)/t22-/m0/s1. The van der Waals surface area contributed by atoms with Crippen LogP contribution in [-0.4, -0.2) is 68.3 Å². The zero-order valence-electron chi connectivity index (χ0n) is 19.5. The van der Waals surface area contributed by atoms with Crippen LogP contribution in [0, 0.1) is 11.7 Å². The minimum absolute atomic E-state index is 0.0856. The fraction of sp³-hybridized carbons (Fsp3) is 0.417. The molecule has 0 radical (unpaired) electrons. The van der Waals surface area contributed by atoms with Crippen molar-refractivity contribution >= 4 is 21.8 Å². The zero-order chi connectivity index (χ0) is 24.9. The molecule has 1 aliphatic rings. The van der Waals surface area contributed by atoms with E-state index in [4.69, 9.17) is 4.74 Å². The fourth-order valence-corrected chi connectivity index (χ4v) is 5.18. The van der Waals surface area contributed by atoms with Crippen molar-refractivity contribution in [2.24, 2.45) is 5.92 Å². The van der Waals surface area contributed by atoms with Crippen molar-refractivity contribution in [3.8, 4) is 5.75 Å². The van der Waals surface area contributed by atoms with Gasteiger partial charge in [0.2, 0.25) is 15.9 Å². The molecule has 184 valence electrons. The number of hydrogen-bond acceptors (Lipinski definition) is 5. The number of carbonyl (C=O) groups is 2. The van der Waals surface area contributed by atoms with Gasteiger partial charge in [-0.15, -0.1) is 0 Å². The molecule has 1 aliphatic heterocycles. The maximum Gasteiger partial charge on any atom is 0.251 e. The van der Waals surface area contributed by atoms with Crippen molar-refractivity contribution in [3.63, 3.8) is 0 Å². The number of nitrogens with zero attached hydrogens (tertiary/aromatic N) is 2. The third kappa shape index (κ3) is 5.92. The molecule has 1 N–H and O–H groups in total. The average Bonchev–Trinajstić information content (AvgIpc) is 2.82. The molecular weight excluding hydrogens is 461 g/mol. The summed E-state index contributed by atoms with van der Waals surface area (Å²) in [5, 5.41) is 2.81. The zero-order valence-corrected chi connectivity index (χ0v) is 20.3. The predicted molar refractivity (Wildman–Crippen MR) is 125 cm³/mol. The summed E-state index contributed by atoms with van der Waals surface area (Å²) in [6.07, 6.45) is 0. The summed E-state index contributed by atoms with van der Waals surface area (Å²) in [7, 11) is -3.86. The van der Waals surface area contributed by atoms with Gasteiger partial charge in [-0.2, -0.15) is 4.31 Å². The minimum atomic E-state index is -3.86. The number of rotatable bonds is 8. The minimum Gasteiger partial charge on any atom is -0.494 e. The molecule has 0 spiro atoms. The second-order valence-electron chi connectivity index (χ2n) is 8.34. The summed E-state index contributed by atoms with van der Waals surface area (Å²) < 4.78 is 45.8. The van der Waals surface area contributed by atoms with Crippen LogP contribution in [0.5, 0.6) is 5.75 Å². The van der Waals surface area contributed by atoms with Crippen molar-refractivity contribution in [2.75, 3.05) is 32.8 Å². The van der Waals surface area contributed by atoms with Crippen LogP contribution in [0.2, 0.25) is 0 Å². The van der Waals surface area contributed by atoms with Gasteiger partial charge < -0.3 is 15.0 Å². The molecule has 0 bridgehead atoms. The van der Waals surface area contributed by atoms with Gasteiger partial charge in [0.15, 0.2) is 0 Å². The molecule has 1 atom stereocenters. The van der Waals surface area contributed by atoms with Crippen LogP contribution in [0.15, 0.2) is 53.4 Å². The van der Waals surface area contributed by atoms with E-state index in [0.29, 0.717) is 17.9 Å². The van der Waals surface area contributed by atoms with Crippen LogP contribution < -0.4 is 10.1 Å². The van der Waals surface area contributed by atoms with E-state index in [1.165, 1.54) is 22.5 Å². The first-order valence-electron chi connectivity index (χ1n) is 11.2. The van der Waals surface area contributed by atoms with E-state index in [0.717, 1.165) is 6.07 Å². The van der Waals surface area contributed by atoms with E-state index in [9.17, 15) is 22.4 Å². The molecular formula is C24H30FN3O5S. The lowest BCUT2D eigenvalue weighted by molar-refractivity contribution is -0.135. The van der Waals surface area contributed by atoms with Crippen LogP contribution >= 0.6 is 0 Å². The molecule has 3 rings (SSSR count). The molecule has 1 fully saturated rings. The summed E-state index contributed by atoms with van der Waals surface area (Å²) >= 11 is 0. The first-order chi connectivity index (χ1) is 16.1. The molecule has 0 aromatic heterocycles. The highest BCUT2D eigenvalue weighted by Gasteiger charge is 2.34. The summed E-state index contributed by atoms with van der Waals surface area (Å²) in [6, 6.07) is 10.8. The highest BCUT2D eigenvalue weighted by molar-refractivity contribution is 7.89. The number of sulfonamides is 1. The third-order valence-corrected chi connectivity index (χ3v) is 7.53. The van der Waals surface area contributed by atoms with Crippen LogP contribution in [-0.2, 0) is 14.8 Å². The first-order valence-corrected chi connectivity index (χ1v) is 12.7. The summed E-state index contributed by atoms with van der Waals surface area (Å²) in [5.74, 6) is -0.785. The molecule has 0 saturated carbocycles. The number of carbonyl (C=O) groups excluding carboxylic acids is 2. The number of hydrogen-bond donors (Lipinski definition) is 1. The van der Waals surface area contributed by atoms with Crippen molar-refractivity contribution in [3.05, 3.63) is 59.9 Å². The van der Waals surface area contributed by atoms with Gasteiger partial charge in [0, 0.05) is 31.7 Å². The Bertz CT molecular complexity index is 1110. The van der Waals surface area contributed by atoms with Crippen molar-refractivity contribution < 1.29 is 27.1 Å². The number of ether oxygens (including phenoxy) is 1. The van der Waals surface area contributed by atoms with E-state index in [2.05, 4.69) is 5.32 Å². The molecule has 8 nitrogen and oxygen atoms in total. The summed E-state index contributed by atoms with van der Waals surface area (Å²) in [5.41, 5.74) is 0.410. The largest absolute Gasteiger partial charge is 0.494 e. The maximum atomic E-state index is 13.5. The number of piperazine rings is 1. The van der Waals surface area contributed by atoms with Crippen LogP contribution in [0.25, 0.3) is 0 Å². The second kappa shape index (κ2) is 11.0. The third-order valence-electron chi connectivity index (χ3n) is 5.63. The Kier molecular flexibility index (Phi) is 8.27. The van der Waals surface area contributed by atoms with Crippen LogP contribution in [0.4, 0.5) is 4.39 Å². The molecule has 2 amide bonds. The Labute approximate surface area is 199 Å².